The Labute approximate surface area is 142 Å². The standard InChI is InChI=1S/C20H26O2Si/c1-2-15-20(16-9-14-19(21)22-23,17-10-5-3-6-11-17)18-12-7-4-8-13-18/h3-8,10-13H,2,9,14-16H2,1,23H3. The monoisotopic (exact) mass is 326 g/mol. The van der Waals surface area contributed by atoms with Crippen LogP contribution in [0.1, 0.15) is 50.2 Å². The van der Waals surface area contributed by atoms with Crippen LogP contribution < -0.4 is 0 Å². The van der Waals surface area contributed by atoms with Gasteiger partial charge in [0, 0.05) is 11.8 Å². The van der Waals surface area contributed by atoms with E-state index in [1.54, 1.807) is 0 Å². The van der Waals surface area contributed by atoms with Crippen molar-refractivity contribution in [1.82, 2.24) is 0 Å². The molecule has 122 valence electrons. The van der Waals surface area contributed by atoms with Gasteiger partial charge in [-0.2, -0.15) is 0 Å². The van der Waals surface area contributed by atoms with E-state index >= 15 is 0 Å². The molecular formula is C20H26O2Si. The quantitative estimate of drug-likeness (QED) is 0.690. The van der Waals surface area contributed by atoms with Gasteiger partial charge in [0.1, 0.15) is 0 Å². The Morgan fingerprint density at radius 1 is 0.957 bits per heavy atom. The van der Waals surface area contributed by atoms with Gasteiger partial charge >= 0.3 is 0 Å². The molecule has 0 aromatic heterocycles. The van der Waals surface area contributed by atoms with Gasteiger partial charge in [-0.25, -0.2) is 0 Å². The average molecular weight is 327 g/mol. The molecule has 0 radical (unpaired) electrons. The Bertz CT molecular complexity index is 556. The van der Waals surface area contributed by atoms with E-state index < -0.39 is 0 Å². The largest absolute Gasteiger partial charge is 0.529 e. The first-order chi connectivity index (χ1) is 11.2. The minimum absolute atomic E-state index is 0.0251. The molecule has 0 aliphatic heterocycles. The van der Waals surface area contributed by atoms with E-state index in [1.807, 2.05) is 0 Å². The van der Waals surface area contributed by atoms with Gasteiger partial charge in [0.05, 0.1) is 0 Å². The highest BCUT2D eigenvalue weighted by atomic mass is 28.2. The number of rotatable bonds is 8. The van der Waals surface area contributed by atoms with E-state index in [4.69, 9.17) is 4.43 Å². The summed E-state index contributed by atoms with van der Waals surface area (Å²) in [4.78, 5) is 11.5. The van der Waals surface area contributed by atoms with Gasteiger partial charge in [0.25, 0.3) is 5.97 Å². The molecule has 2 aromatic carbocycles. The molecule has 23 heavy (non-hydrogen) atoms. The van der Waals surface area contributed by atoms with Crippen LogP contribution in [0.25, 0.3) is 0 Å². The Balaban J connectivity index is 2.37. The fraction of sp³-hybridized carbons (Fsp3) is 0.350. The van der Waals surface area contributed by atoms with Gasteiger partial charge in [0.15, 0.2) is 0 Å². The van der Waals surface area contributed by atoms with Gasteiger partial charge in [-0.1, -0.05) is 74.0 Å². The lowest BCUT2D eigenvalue weighted by Crippen LogP contribution is -2.28. The first-order valence-electron chi connectivity index (χ1n) is 8.41. The Hall–Kier alpha value is -1.87. The van der Waals surface area contributed by atoms with Crippen LogP contribution in [0.5, 0.6) is 0 Å². The second-order valence-electron chi connectivity index (χ2n) is 5.99. The van der Waals surface area contributed by atoms with Crippen LogP contribution in [-0.4, -0.2) is 16.5 Å². The van der Waals surface area contributed by atoms with Crippen LogP contribution >= 0.6 is 0 Å². The van der Waals surface area contributed by atoms with Gasteiger partial charge in [-0.05, 0) is 30.4 Å². The highest BCUT2D eigenvalue weighted by Crippen LogP contribution is 2.41. The van der Waals surface area contributed by atoms with Crippen LogP contribution in [0.2, 0.25) is 0 Å². The molecular weight excluding hydrogens is 300 g/mol. The van der Waals surface area contributed by atoms with E-state index in [0.29, 0.717) is 16.9 Å². The molecule has 0 saturated carbocycles. The van der Waals surface area contributed by atoms with Gasteiger partial charge in [-0.15, -0.1) is 0 Å². The molecule has 0 unspecified atom stereocenters. The molecule has 0 atom stereocenters. The zero-order chi connectivity index (χ0) is 16.5. The Morgan fingerprint density at radius 2 is 1.48 bits per heavy atom. The molecule has 0 aliphatic rings. The van der Waals surface area contributed by atoms with Crippen LogP contribution in [-0.2, 0) is 14.6 Å². The van der Waals surface area contributed by atoms with Crippen molar-refractivity contribution in [2.75, 3.05) is 0 Å². The second-order valence-corrected chi connectivity index (χ2v) is 6.40. The topological polar surface area (TPSA) is 26.3 Å². The van der Waals surface area contributed by atoms with Gasteiger partial charge < -0.3 is 4.43 Å². The molecule has 0 aliphatic carbocycles. The maximum absolute atomic E-state index is 11.5. The SMILES string of the molecule is CCCC(CCCC(=O)O[SiH3])(c1ccccc1)c1ccccc1. The summed E-state index contributed by atoms with van der Waals surface area (Å²) in [7, 11) is 0.482. The van der Waals surface area contributed by atoms with Crippen molar-refractivity contribution >= 4 is 16.5 Å². The summed E-state index contributed by atoms with van der Waals surface area (Å²) in [6.07, 6.45) is 4.51. The fourth-order valence-corrected chi connectivity index (χ4v) is 3.65. The number of hydrogen-bond acceptors (Lipinski definition) is 2. The van der Waals surface area contributed by atoms with E-state index in [2.05, 4.69) is 67.6 Å². The molecule has 0 bridgehead atoms. The lowest BCUT2D eigenvalue weighted by molar-refractivity contribution is -0.134. The predicted molar refractivity (Wildman–Crippen MR) is 98.5 cm³/mol. The van der Waals surface area contributed by atoms with Crippen molar-refractivity contribution in [3.05, 3.63) is 71.8 Å². The van der Waals surface area contributed by atoms with Crippen molar-refractivity contribution in [1.29, 1.82) is 0 Å². The van der Waals surface area contributed by atoms with Crippen LogP contribution in [0.3, 0.4) is 0 Å². The zero-order valence-electron chi connectivity index (χ0n) is 14.1. The fourth-order valence-electron chi connectivity index (χ4n) is 3.45. The third-order valence-electron chi connectivity index (χ3n) is 4.54. The van der Waals surface area contributed by atoms with Crippen molar-refractivity contribution in [2.24, 2.45) is 0 Å². The molecule has 0 N–H and O–H groups in total. The van der Waals surface area contributed by atoms with Crippen molar-refractivity contribution < 1.29 is 9.22 Å². The molecule has 2 aromatic rings. The van der Waals surface area contributed by atoms with Gasteiger partial charge in [-0.3, -0.25) is 4.79 Å². The predicted octanol–water partition coefficient (Wildman–Crippen LogP) is 3.77. The Morgan fingerprint density at radius 3 is 1.91 bits per heavy atom. The normalized spacial score (nSPS) is 11.3. The first kappa shape index (κ1) is 17.5. The number of benzene rings is 2. The van der Waals surface area contributed by atoms with E-state index in [1.165, 1.54) is 11.1 Å². The van der Waals surface area contributed by atoms with Crippen molar-refractivity contribution in [3.63, 3.8) is 0 Å². The molecule has 0 amide bonds. The summed E-state index contributed by atoms with van der Waals surface area (Å²) in [5.74, 6) is -0.0665. The van der Waals surface area contributed by atoms with Crippen molar-refractivity contribution in [3.8, 4) is 0 Å². The molecule has 2 nitrogen and oxygen atoms in total. The van der Waals surface area contributed by atoms with Gasteiger partial charge in [0.2, 0.25) is 10.5 Å². The molecule has 3 heteroatoms. The third kappa shape index (κ3) is 4.32. The summed E-state index contributed by atoms with van der Waals surface area (Å²) < 4.78 is 4.94. The van der Waals surface area contributed by atoms with Crippen LogP contribution in [0.4, 0.5) is 0 Å². The highest BCUT2D eigenvalue weighted by Gasteiger charge is 2.32. The molecule has 0 heterocycles. The van der Waals surface area contributed by atoms with E-state index in [-0.39, 0.29) is 11.4 Å². The first-order valence-corrected chi connectivity index (χ1v) is 9.22. The van der Waals surface area contributed by atoms with Crippen LogP contribution in [0.15, 0.2) is 60.7 Å². The summed E-state index contributed by atoms with van der Waals surface area (Å²) in [6, 6.07) is 21.4. The maximum atomic E-state index is 11.5. The summed E-state index contributed by atoms with van der Waals surface area (Å²) in [5, 5.41) is 0. The average Bonchev–Trinajstić information content (AvgIpc) is 2.62. The number of carbonyl (C=O) groups is 1. The molecule has 0 spiro atoms. The zero-order valence-corrected chi connectivity index (χ0v) is 16.1. The van der Waals surface area contributed by atoms with E-state index in [9.17, 15) is 4.79 Å². The molecule has 0 fully saturated rings. The summed E-state index contributed by atoms with van der Waals surface area (Å²) >= 11 is 0. The summed E-state index contributed by atoms with van der Waals surface area (Å²) in [6.45, 7) is 2.23. The minimum atomic E-state index is -0.0665. The molecule has 2 rings (SSSR count). The van der Waals surface area contributed by atoms with E-state index in [0.717, 1.165) is 25.7 Å². The lowest BCUT2D eigenvalue weighted by Gasteiger charge is -2.35. The smallest absolute Gasteiger partial charge is 0.291 e. The van der Waals surface area contributed by atoms with Crippen LogP contribution in [0, 0.1) is 0 Å². The highest BCUT2D eigenvalue weighted by molar-refractivity contribution is 6.05. The summed E-state index contributed by atoms with van der Waals surface area (Å²) in [5.41, 5.74) is 2.66. The Kier molecular flexibility index (Phi) is 6.60. The maximum Gasteiger partial charge on any atom is 0.291 e. The molecule has 0 saturated heterocycles. The lowest BCUT2D eigenvalue weighted by atomic mass is 9.68. The van der Waals surface area contributed by atoms with Crippen molar-refractivity contribution in [2.45, 2.75) is 44.4 Å². The number of carbonyl (C=O) groups excluding carboxylic acids is 1. The second kappa shape index (κ2) is 8.68. The third-order valence-corrected chi connectivity index (χ3v) is 5.00. The minimum Gasteiger partial charge on any atom is -0.529 e. The number of hydrogen-bond donors (Lipinski definition) is 0.